The van der Waals surface area contributed by atoms with Gasteiger partial charge in [0, 0.05) is 32.0 Å². The number of carbonyl (C=O) groups excluding carboxylic acids is 1. The molecule has 2 aromatic carbocycles. The van der Waals surface area contributed by atoms with Crippen molar-refractivity contribution in [1.29, 1.82) is 0 Å². The number of alkyl halides is 2. The second-order valence-corrected chi connectivity index (χ2v) is 7.21. The van der Waals surface area contributed by atoms with Crippen molar-refractivity contribution in [3.05, 3.63) is 59.7 Å². The van der Waals surface area contributed by atoms with Crippen molar-refractivity contribution < 1.29 is 32.0 Å². The minimum atomic E-state index is -2.95. The summed E-state index contributed by atoms with van der Waals surface area (Å²) in [6.45, 7) is -0.648. The summed E-state index contributed by atoms with van der Waals surface area (Å²) >= 11 is 0. The summed E-state index contributed by atoms with van der Waals surface area (Å²) in [5, 5.41) is 3.88. The molecule has 1 heterocycles. The molecule has 0 saturated heterocycles. The summed E-state index contributed by atoms with van der Waals surface area (Å²) < 4.78 is 53.1. The number of hydrogen-bond acceptors (Lipinski definition) is 6. The molecule has 0 atom stereocenters. The van der Waals surface area contributed by atoms with E-state index in [0.717, 1.165) is 5.56 Å². The van der Waals surface area contributed by atoms with Crippen LogP contribution in [0.2, 0.25) is 0 Å². The van der Waals surface area contributed by atoms with Crippen LogP contribution < -0.4 is 9.47 Å². The Kier molecular flexibility index (Phi) is 8.28. The minimum Gasteiger partial charge on any atom is -0.490 e. The molecule has 0 spiro atoms. The van der Waals surface area contributed by atoms with Gasteiger partial charge in [0.05, 0.1) is 6.61 Å². The molecule has 3 aromatic rings. The number of aromatic nitrogens is 2. The van der Waals surface area contributed by atoms with Crippen LogP contribution in [0, 0.1) is 5.82 Å². The van der Waals surface area contributed by atoms with Crippen LogP contribution in [0.3, 0.4) is 0 Å². The number of halogens is 3. The van der Waals surface area contributed by atoms with E-state index in [1.807, 2.05) is 0 Å². The number of ether oxygens (including phenoxy) is 2. The van der Waals surface area contributed by atoms with Crippen LogP contribution >= 0.6 is 0 Å². The van der Waals surface area contributed by atoms with Crippen LogP contribution in [0.5, 0.6) is 11.5 Å². The van der Waals surface area contributed by atoms with Crippen molar-refractivity contribution >= 4 is 5.91 Å². The zero-order chi connectivity index (χ0) is 23.8. The highest BCUT2D eigenvalue weighted by Gasteiger charge is 2.15. The van der Waals surface area contributed by atoms with Gasteiger partial charge < -0.3 is 18.9 Å². The van der Waals surface area contributed by atoms with E-state index in [-0.39, 0.29) is 42.8 Å². The molecule has 0 aliphatic carbocycles. The lowest BCUT2D eigenvalue weighted by Gasteiger charge is -2.18. The Morgan fingerprint density at radius 2 is 1.91 bits per heavy atom. The van der Waals surface area contributed by atoms with Crippen molar-refractivity contribution in [2.75, 3.05) is 13.7 Å². The molecule has 0 radical (unpaired) electrons. The lowest BCUT2D eigenvalue weighted by Crippen LogP contribution is -2.26. The number of amides is 1. The molecule has 0 aliphatic rings. The fourth-order valence-electron chi connectivity index (χ4n) is 3.13. The van der Waals surface area contributed by atoms with Gasteiger partial charge in [-0.3, -0.25) is 4.79 Å². The topological polar surface area (TPSA) is 77.7 Å². The highest BCUT2D eigenvalue weighted by molar-refractivity contribution is 5.75. The molecule has 7 nitrogen and oxygen atoms in total. The fraction of sp³-hybridized carbons (Fsp3) is 0.348. The molecule has 176 valence electrons. The smallest absolute Gasteiger partial charge is 0.387 e. The molecular formula is C23H24F3N3O4. The van der Waals surface area contributed by atoms with E-state index in [0.29, 0.717) is 30.1 Å². The maximum absolute atomic E-state index is 13.0. The third-order valence-electron chi connectivity index (χ3n) is 4.72. The average Bonchev–Trinajstić information content (AvgIpc) is 3.24. The summed E-state index contributed by atoms with van der Waals surface area (Å²) in [6, 6.07) is 10.4. The summed E-state index contributed by atoms with van der Waals surface area (Å²) in [7, 11) is 1.66. The first kappa shape index (κ1) is 24.1. The van der Waals surface area contributed by atoms with E-state index in [2.05, 4.69) is 14.9 Å². The number of aryl methyl sites for hydroxylation is 1. The van der Waals surface area contributed by atoms with Crippen LogP contribution in [0.15, 0.2) is 47.0 Å². The second-order valence-electron chi connectivity index (χ2n) is 7.21. The van der Waals surface area contributed by atoms with Crippen LogP contribution in [0.4, 0.5) is 13.2 Å². The fourth-order valence-corrected chi connectivity index (χ4v) is 3.13. The summed E-state index contributed by atoms with van der Waals surface area (Å²) in [4.78, 5) is 18.3. The maximum atomic E-state index is 13.0. The molecular weight excluding hydrogens is 439 g/mol. The molecule has 0 N–H and O–H groups in total. The number of benzene rings is 2. The van der Waals surface area contributed by atoms with Crippen molar-refractivity contribution in [2.24, 2.45) is 0 Å². The van der Waals surface area contributed by atoms with E-state index in [9.17, 15) is 18.0 Å². The number of rotatable bonds is 11. The number of carbonyl (C=O) groups is 1. The highest BCUT2D eigenvalue weighted by atomic mass is 19.3. The highest BCUT2D eigenvalue weighted by Crippen LogP contribution is 2.30. The molecule has 33 heavy (non-hydrogen) atoms. The van der Waals surface area contributed by atoms with E-state index in [4.69, 9.17) is 9.26 Å². The Labute approximate surface area is 189 Å². The molecule has 0 aliphatic heterocycles. The average molecular weight is 463 g/mol. The van der Waals surface area contributed by atoms with Gasteiger partial charge in [-0.1, -0.05) is 11.2 Å². The molecule has 1 aromatic heterocycles. The Bertz CT molecular complexity index is 1060. The second kappa shape index (κ2) is 11.3. The third-order valence-corrected chi connectivity index (χ3v) is 4.72. The molecule has 1 amide bonds. The van der Waals surface area contributed by atoms with E-state index < -0.39 is 6.61 Å². The summed E-state index contributed by atoms with van der Waals surface area (Å²) in [5.41, 5.74) is 1.36. The largest absolute Gasteiger partial charge is 0.490 e. The van der Waals surface area contributed by atoms with E-state index >= 15 is 0 Å². The Morgan fingerprint density at radius 3 is 2.61 bits per heavy atom. The first-order valence-corrected chi connectivity index (χ1v) is 10.4. The van der Waals surface area contributed by atoms with Gasteiger partial charge in [0.15, 0.2) is 11.5 Å². The Balaban J connectivity index is 1.51. The Hall–Kier alpha value is -3.56. The molecule has 0 bridgehead atoms. The molecule has 3 rings (SSSR count). The number of nitrogens with zero attached hydrogens (tertiary/aromatic N) is 3. The van der Waals surface area contributed by atoms with Gasteiger partial charge in [0.1, 0.15) is 5.82 Å². The molecule has 0 saturated carbocycles. The van der Waals surface area contributed by atoms with Crippen LogP contribution in [-0.4, -0.2) is 41.2 Å². The van der Waals surface area contributed by atoms with Crippen LogP contribution in [0.25, 0.3) is 11.4 Å². The van der Waals surface area contributed by atoms with Gasteiger partial charge in [-0.15, -0.1) is 0 Å². The molecule has 10 heteroatoms. The van der Waals surface area contributed by atoms with E-state index in [1.54, 1.807) is 38.2 Å². The lowest BCUT2D eigenvalue weighted by atomic mass is 10.1. The first-order valence-electron chi connectivity index (χ1n) is 10.4. The van der Waals surface area contributed by atoms with Gasteiger partial charge in [0.25, 0.3) is 0 Å². The standard InChI is InChI=1S/C23H24F3N3O4/c1-3-31-19-13-15(7-12-18(19)32-23(25)26)14-29(2)21(30)6-4-5-20-27-22(28-33-20)16-8-10-17(24)11-9-16/h7-13,23H,3-6,14H2,1-2H3. The summed E-state index contributed by atoms with van der Waals surface area (Å²) in [6.07, 6.45) is 1.18. The predicted octanol–water partition coefficient (Wildman–Crippen LogP) is 4.86. The van der Waals surface area contributed by atoms with Crippen LogP contribution in [-0.2, 0) is 17.8 Å². The Morgan fingerprint density at radius 1 is 1.15 bits per heavy atom. The molecule has 0 unspecified atom stereocenters. The zero-order valence-electron chi connectivity index (χ0n) is 18.3. The minimum absolute atomic E-state index is 0.0517. The predicted molar refractivity (Wildman–Crippen MR) is 113 cm³/mol. The van der Waals surface area contributed by atoms with Gasteiger partial charge in [-0.25, -0.2) is 4.39 Å². The first-order chi connectivity index (χ1) is 15.9. The number of hydrogen-bond donors (Lipinski definition) is 0. The monoisotopic (exact) mass is 463 g/mol. The van der Waals surface area contributed by atoms with Crippen LogP contribution in [0.1, 0.15) is 31.2 Å². The maximum Gasteiger partial charge on any atom is 0.387 e. The van der Waals surface area contributed by atoms with Crippen molar-refractivity contribution in [3.8, 4) is 22.9 Å². The van der Waals surface area contributed by atoms with Crippen molar-refractivity contribution in [1.82, 2.24) is 15.0 Å². The molecule has 0 fully saturated rings. The van der Waals surface area contributed by atoms with Gasteiger partial charge in [-0.05, 0) is 55.3 Å². The normalized spacial score (nSPS) is 11.0. The quantitative estimate of drug-likeness (QED) is 0.404. The lowest BCUT2D eigenvalue weighted by molar-refractivity contribution is -0.130. The van der Waals surface area contributed by atoms with Gasteiger partial charge in [-0.2, -0.15) is 13.8 Å². The van der Waals surface area contributed by atoms with Crippen molar-refractivity contribution in [2.45, 2.75) is 39.3 Å². The van der Waals surface area contributed by atoms with Gasteiger partial charge >= 0.3 is 6.61 Å². The van der Waals surface area contributed by atoms with E-state index in [1.165, 1.54) is 23.1 Å². The third kappa shape index (κ3) is 6.96. The summed E-state index contributed by atoms with van der Waals surface area (Å²) in [5.74, 6) is 0.447. The SMILES string of the molecule is CCOc1cc(CN(C)C(=O)CCCc2nc(-c3ccc(F)cc3)no2)ccc1OC(F)F. The zero-order valence-corrected chi connectivity index (χ0v) is 18.3. The van der Waals surface area contributed by atoms with Gasteiger partial charge in [0.2, 0.25) is 17.6 Å². The van der Waals surface area contributed by atoms with Crippen molar-refractivity contribution in [3.63, 3.8) is 0 Å².